The third-order valence-corrected chi connectivity index (χ3v) is 4.53. The van der Waals surface area contributed by atoms with E-state index in [1.54, 1.807) is 51.7 Å². The number of carbonyl (C=O) groups is 1. The van der Waals surface area contributed by atoms with Gasteiger partial charge in [0.1, 0.15) is 5.75 Å². The zero-order valence-electron chi connectivity index (χ0n) is 15.7. The molecule has 0 saturated heterocycles. The van der Waals surface area contributed by atoms with Gasteiger partial charge in [0.15, 0.2) is 11.5 Å². The lowest BCUT2D eigenvalue weighted by Crippen LogP contribution is -2.24. The quantitative estimate of drug-likeness (QED) is 0.875. The zero-order valence-corrected chi connectivity index (χ0v) is 15.7. The van der Waals surface area contributed by atoms with Gasteiger partial charge >= 0.3 is 0 Å². The molecule has 0 aromatic heterocycles. The minimum atomic E-state index is -0.377. The summed E-state index contributed by atoms with van der Waals surface area (Å²) < 4.78 is 16.2. The number of hydrogen-bond donors (Lipinski definition) is 1. The molecule has 0 saturated carbocycles. The maximum Gasteiger partial charge on any atom is 0.240 e. The first-order valence-electron chi connectivity index (χ1n) is 8.45. The molecule has 1 heterocycles. The number of hydrazone groups is 1. The fraction of sp³-hybridized carbons (Fsp3) is 0.300. The van der Waals surface area contributed by atoms with E-state index >= 15 is 0 Å². The predicted octanol–water partition coefficient (Wildman–Crippen LogP) is 3.12. The average molecular weight is 370 g/mol. The highest BCUT2D eigenvalue weighted by molar-refractivity contribution is 6.04. The summed E-state index contributed by atoms with van der Waals surface area (Å²) in [5.74, 6) is 1.44. The van der Waals surface area contributed by atoms with E-state index in [0.717, 1.165) is 5.56 Å². The molecule has 2 aromatic rings. The number of amides is 1. The fourth-order valence-electron chi connectivity index (χ4n) is 3.23. The third-order valence-electron chi connectivity index (χ3n) is 4.53. The summed E-state index contributed by atoms with van der Waals surface area (Å²) in [6.45, 7) is 1.45. The summed E-state index contributed by atoms with van der Waals surface area (Å²) in [5, 5.41) is 16.1. The average Bonchev–Trinajstić information content (AvgIpc) is 3.12. The van der Waals surface area contributed by atoms with Gasteiger partial charge in [0, 0.05) is 24.5 Å². The summed E-state index contributed by atoms with van der Waals surface area (Å²) >= 11 is 0. The monoisotopic (exact) mass is 370 g/mol. The van der Waals surface area contributed by atoms with E-state index < -0.39 is 0 Å². The number of hydrogen-bond acceptors (Lipinski definition) is 6. The Morgan fingerprint density at radius 1 is 1.11 bits per heavy atom. The second-order valence-electron chi connectivity index (χ2n) is 6.10. The summed E-state index contributed by atoms with van der Waals surface area (Å²) in [6.07, 6.45) is 0.454. The number of ether oxygens (including phenoxy) is 3. The van der Waals surface area contributed by atoms with Crippen molar-refractivity contribution in [2.45, 2.75) is 19.4 Å². The lowest BCUT2D eigenvalue weighted by Gasteiger charge is -2.21. The van der Waals surface area contributed by atoms with Crippen LogP contribution in [0.3, 0.4) is 0 Å². The van der Waals surface area contributed by atoms with Crippen molar-refractivity contribution < 1.29 is 24.1 Å². The Morgan fingerprint density at radius 2 is 1.74 bits per heavy atom. The molecule has 1 atom stereocenters. The van der Waals surface area contributed by atoms with Crippen molar-refractivity contribution in [2.24, 2.45) is 5.10 Å². The summed E-state index contributed by atoms with van der Waals surface area (Å²) in [6, 6.07) is 10.2. The number of para-hydroxylation sites is 1. The highest BCUT2D eigenvalue weighted by Gasteiger charge is 2.33. The van der Waals surface area contributed by atoms with Gasteiger partial charge in [0.2, 0.25) is 11.7 Å². The van der Waals surface area contributed by atoms with Crippen LogP contribution in [0.15, 0.2) is 41.5 Å². The standard InChI is InChI=1S/C20H22N2O5/c1-12(23)22-16(14-7-5-6-8-17(14)24)11-15(21-22)13-9-18(25-2)20(27-4)19(10-13)26-3/h5-10,16,24H,11H2,1-4H3/t16-/m0/s1. The molecule has 1 aliphatic heterocycles. The van der Waals surface area contributed by atoms with Crippen LogP contribution in [-0.4, -0.2) is 43.1 Å². The molecule has 0 unspecified atom stereocenters. The molecule has 0 spiro atoms. The molecular weight excluding hydrogens is 348 g/mol. The maximum atomic E-state index is 12.1. The normalized spacial score (nSPS) is 16.1. The molecule has 142 valence electrons. The van der Waals surface area contributed by atoms with Gasteiger partial charge in [0.05, 0.1) is 33.1 Å². The van der Waals surface area contributed by atoms with Gasteiger partial charge < -0.3 is 19.3 Å². The van der Waals surface area contributed by atoms with Gasteiger partial charge in [-0.1, -0.05) is 18.2 Å². The van der Waals surface area contributed by atoms with Crippen LogP contribution in [0.4, 0.5) is 0 Å². The number of phenolic OH excluding ortho intramolecular Hbond substituents is 1. The molecular formula is C20H22N2O5. The second-order valence-corrected chi connectivity index (χ2v) is 6.10. The van der Waals surface area contributed by atoms with Crippen LogP contribution in [0.1, 0.15) is 30.5 Å². The predicted molar refractivity (Wildman–Crippen MR) is 101 cm³/mol. The number of carbonyl (C=O) groups excluding carboxylic acids is 1. The number of benzene rings is 2. The smallest absolute Gasteiger partial charge is 0.240 e. The Morgan fingerprint density at radius 3 is 2.26 bits per heavy atom. The van der Waals surface area contributed by atoms with Gasteiger partial charge in [-0.05, 0) is 18.2 Å². The van der Waals surface area contributed by atoms with E-state index in [9.17, 15) is 9.90 Å². The van der Waals surface area contributed by atoms with E-state index in [-0.39, 0.29) is 17.7 Å². The molecule has 3 rings (SSSR count). The topological polar surface area (TPSA) is 80.6 Å². The molecule has 2 aromatic carbocycles. The van der Waals surface area contributed by atoms with Gasteiger partial charge in [-0.25, -0.2) is 5.01 Å². The van der Waals surface area contributed by atoms with Gasteiger partial charge in [-0.2, -0.15) is 5.10 Å². The number of phenols is 1. The molecule has 1 amide bonds. The Kier molecular flexibility index (Phi) is 5.21. The lowest BCUT2D eigenvalue weighted by atomic mass is 9.97. The molecule has 0 bridgehead atoms. The van der Waals surface area contributed by atoms with Gasteiger partial charge in [-0.15, -0.1) is 0 Å². The van der Waals surface area contributed by atoms with Gasteiger partial charge in [-0.3, -0.25) is 4.79 Å². The van der Waals surface area contributed by atoms with Crippen molar-refractivity contribution in [3.8, 4) is 23.0 Å². The summed E-state index contributed by atoms with van der Waals surface area (Å²) in [4.78, 5) is 12.1. The van der Waals surface area contributed by atoms with Crippen molar-refractivity contribution in [3.63, 3.8) is 0 Å². The second kappa shape index (κ2) is 7.57. The van der Waals surface area contributed by atoms with Gasteiger partial charge in [0.25, 0.3) is 0 Å². The van der Waals surface area contributed by atoms with E-state index in [0.29, 0.717) is 34.9 Å². The molecule has 0 radical (unpaired) electrons. The van der Waals surface area contributed by atoms with Crippen LogP contribution in [0.2, 0.25) is 0 Å². The summed E-state index contributed by atoms with van der Waals surface area (Å²) in [5.41, 5.74) is 2.10. The molecule has 7 heteroatoms. The first kappa shape index (κ1) is 18.6. The van der Waals surface area contributed by atoms with Crippen molar-refractivity contribution >= 4 is 11.6 Å². The largest absolute Gasteiger partial charge is 0.508 e. The van der Waals surface area contributed by atoms with Crippen LogP contribution >= 0.6 is 0 Å². The Bertz CT molecular complexity index is 869. The molecule has 1 N–H and O–H groups in total. The molecule has 0 fully saturated rings. The van der Waals surface area contributed by atoms with Crippen molar-refractivity contribution in [3.05, 3.63) is 47.5 Å². The highest BCUT2D eigenvalue weighted by Crippen LogP contribution is 2.41. The van der Waals surface area contributed by atoms with Crippen molar-refractivity contribution in [1.29, 1.82) is 0 Å². The zero-order chi connectivity index (χ0) is 19.6. The Balaban J connectivity index is 2.04. The Labute approximate surface area is 157 Å². The first-order chi connectivity index (χ1) is 13.0. The number of rotatable bonds is 5. The van der Waals surface area contributed by atoms with Crippen LogP contribution < -0.4 is 14.2 Å². The summed E-state index contributed by atoms with van der Waals surface area (Å²) in [7, 11) is 4.63. The van der Waals surface area contributed by atoms with Crippen LogP contribution in [-0.2, 0) is 4.79 Å². The molecule has 7 nitrogen and oxygen atoms in total. The van der Waals surface area contributed by atoms with Crippen LogP contribution in [0.25, 0.3) is 0 Å². The lowest BCUT2D eigenvalue weighted by molar-refractivity contribution is -0.130. The third kappa shape index (κ3) is 3.40. The van der Waals surface area contributed by atoms with Crippen LogP contribution in [0, 0.1) is 0 Å². The van der Waals surface area contributed by atoms with E-state index in [1.807, 2.05) is 6.07 Å². The molecule has 27 heavy (non-hydrogen) atoms. The minimum Gasteiger partial charge on any atom is -0.508 e. The number of nitrogens with zero attached hydrogens (tertiary/aromatic N) is 2. The fourth-order valence-corrected chi connectivity index (χ4v) is 3.23. The van der Waals surface area contributed by atoms with Crippen LogP contribution in [0.5, 0.6) is 23.0 Å². The minimum absolute atomic E-state index is 0.134. The molecule has 0 aliphatic carbocycles. The number of methoxy groups -OCH3 is 3. The van der Waals surface area contributed by atoms with Crippen molar-refractivity contribution in [2.75, 3.05) is 21.3 Å². The first-order valence-corrected chi connectivity index (χ1v) is 8.45. The maximum absolute atomic E-state index is 12.1. The van der Waals surface area contributed by atoms with E-state index in [4.69, 9.17) is 14.2 Å². The van der Waals surface area contributed by atoms with E-state index in [1.165, 1.54) is 11.9 Å². The highest BCUT2D eigenvalue weighted by atomic mass is 16.5. The van der Waals surface area contributed by atoms with E-state index in [2.05, 4.69) is 5.10 Å². The molecule has 1 aliphatic rings. The van der Waals surface area contributed by atoms with Crippen molar-refractivity contribution in [1.82, 2.24) is 5.01 Å². The SMILES string of the molecule is COc1cc(C2=NN(C(C)=O)[C@H](c3ccccc3O)C2)cc(OC)c1OC. The Hall–Kier alpha value is -3.22. The number of aromatic hydroxyl groups is 1.